The molecule has 122 valence electrons. The molecule has 0 aliphatic heterocycles. The first-order valence-corrected chi connectivity index (χ1v) is 7.09. The van der Waals surface area contributed by atoms with Gasteiger partial charge in [0.1, 0.15) is 0 Å². The van der Waals surface area contributed by atoms with Crippen LogP contribution in [0.5, 0.6) is 0 Å². The fraction of sp³-hybridized carbons (Fsp3) is 0.357. The van der Waals surface area contributed by atoms with Crippen LogP contribution in [-0.4, -0.2) is 38.9 Å². The van der Waals surface area contributed by atoms with Crippen LogP contribution in [0.25, 0.3) is 5.69 Å². The molecular formula is C14H18N6O3. The van der Waals surface area contributed by atoms with E-state index in [2.05, 4.69) is 15.6 Å². The fourth-order valence-electron chi connectivity index (χ4n) is 1.96. The molecule has 0 radical (unpaired) electrons. The highest BCUT2D eigenvalue weighted by molar-refractivity contribution is 5.93. The van der Waals surface area contributed by atoms with E-state index in [1.165, 1.54) is 16.8 Å². The van der Waals surface area contributed by atoms with Gasteiger partial charge in [-0.05, 0) is 25.5 Å². The van der Waals surface area contributed by atoms with Crippen molar-refractivity contribution < 1.29 is 9.72 Å². The maximum Gasteiger partial charge on any atom is 0.273 e. The molecule has 23 heavy (non-hydrogen) atoms. The molecule has 1 heterocycles. The molecule has 3 N–H and O–H groups in total. The summed E-state index contributed by atoms with van der Waals surface area (Å²) in [5.41, 5.74) is 6.61. The number of non-ortho nitro benzene ring substituents is 1. The normalized spacial score (nSPS) is 12.0. The Hall–Kier alpha value is -2.81. The molecule has 1 amide bonds. The van der Waals surface area contributed by atoms with Gasteiger partial charge in [-0.2, -0.15) is 0 Å². The third kappa shape index (κ3) is 3.69. The lowest BCUT2D eigenvalue weighted by atomic mass is 10.2. The maximum atomic E-state index is 12.1. The van der Waals surface area contributed by atoms with E-state index in [-0.39, 0.29) is 23.2 Å². The van der Waals surface area contributed by atoms with Gasteiger partial charge in [0.15, 0.2) is 5.69 Å². The average Bonchev–Trinajstić information content (AvgIpc) is 2.94. The molecule has 9 heteroatoms. The Bertz CT molecular complexity index is 727. The number of carbonyl (C=O) groups excluding carboxylic acids is 1. The van der Waals surface area contributed by atoms with E-state index in [9.17, 15) is 14.9 Å². The van der Waals surface area contributed by atoms with E-state index in [1.807, 2.05) is 6.92 Å². The molecular weight excluding hydrogens is 300 g/mol. The van der Waals surface area contributed by atoms with Gasteiger partial charge in [0.05, 0.1) is 16.3 Å². The zero-order valence-electron chi connectivity index (χ0n) is 12.9. The zero-order chi connectivity index (χ0) is 17.0. The van der Waals surface area contributed by atoms with E-state index in [4.69, 9.17) is 5.73 Å². The number of benzene rings is 1. The minimum atomic E-state index is -0.489. The largest absolute Gasteiger partial charge is 0.350 e. The fourth-order valence-corrected chi connectivity index (χ4v) is 1.96. The van der Waals surface area contributed by atoms with Gasteiger partial charge in [-0.15, -0.1) is 5.10 Å². The van der Waals surface area contributed by atoms with E-state index in [1.54, 1.807) is 19.1 Å². The lowest BCUT2D eigenvalue weighted by molar-refractivity contribution is -0.384. The number of nitrogens with two attached hydrogens (primary N) is 1. The number of nitrogens with zero attached hydrogens (tertiary/aromatic N) is 4. The molecule has 0 saturated heterocycles. The average molecular weight is 318 g/mol. The number of carbonyl (C=O) groups is 1. The molecule has 9 nitrogen and oxygen atoms in total. The number of nitro benzene ring substituents is 1. The standard InChI is InChI=1S/C14H18N6O3/c1-9(7-15)8-16-14(21)13-10(2)19(18-17-13)11-4-3-5-12(6-11)20(22)23/h3-6,9H,7-8,15H2,1-2H3,(H,16,21). The number of nitrogens with one attached hydrogen (secondary N) is 1. The van der Waals surface area contributed by atoms with E-state index < -0.39 is 4.92 Å². The minimum Gasteiger partial charge on any atom is -0.350 e. The van der Waals surface area contributed by atoms with Crippen LogP contribution in [0, 0.1) is 23.0 Å². The maximum absolute atomic E-state index is 12.1. The quantitative estimate of drug-likeness (QED) is 0.599. The highest BCUT2D eigenvalue weighted by atomic mass is 16.6. The van der Waals surface area contributed by atoms with Crippen molar-refractivity contribution in [2.24, 2.45) is 11.7 Å². The Morgan fingerprint density at radius 2 is 2.26 bits per heavy atom. The molecule has 0 spiro atoms. The Kier molecular flexibility index (Phi) is 5.02. The van der Waals surface area contributed by atoms with Gasteiger partial charge in [0.2, 0.25) is 0 Å². The number of nitro groups is 1. The van der Waals surface area contributed by atoms with Gasteiger partial charge in [-0.3, -0.25) is 14.9 Å². The molecule has 0 aliphatic rings. The minimum absolute atomic E-state index is 0.0554. The summed E-state index contributed by atoms with van der Waals surface area (Å²) >= 11 is 0. The number of hydrogen-bond acceptors (Lipinski definition) is 6. The first-order valence-electron chi connectivity index (χ1n) is 7.09. The molecule has 1 unspecified atom stereocenters. The lowest BCUT2D eigenvalue weighted by Crippen LogP contribution is -2.31. The molecule has 2 aromatic rings. The molecule has 1 atom stereocenters. The van der Waals surface area contributed by atoms with E-state index in [0.717, 1.165) is 0 Å². The first-order chi connectivity index (χ1) is 10.9. The second-order valence-corrected chi connectivity index (χ2v) is 5.26. The molecule has 1 aromatic carbocycles. The molecule has 2 rings (SSSR count). The summed E-state index contributed by atoms with van der Waals surface area (Å²) in [5.74, 6) is -0.189. The van der Waals surface area contributed by atoms with Gasteiger partial charge in [0, 0.05) is 18.7 Å². The molecule has 0 saturated carbocycles. The van der Waals surface area contributed by atoms with Crippen LogP contribution in [0.3, 0.4) is 0 Å². The van der Waals surface area contributed by atoms with Crippen molar-refractivity contribution in [2.75, 3.05) is 13.1 Å². The van der Waals surface area contributed by atoms with Crippen molar-refractivity contribution >= 4 is 11.6 Å². The Morgan fingerprint density at radius 3 is 2.91 bits per heavy atom. The molecule has 0 bridgehead atoms. The monoisotopic (exact) mass is 318 g/mol. The molecule has 0 aliphatic carbocycles. The van der Waals surface area contributed by atoms with Crippen LogP contribution < -0.4 is 11.1 Å². The number of amides is 1. The number of rotatable bonds is 6. The second-order valence-electron chi connectivity index (χ2n) is 5.26. The summed E-state index contributed by atoms with van der Waals surface area (Å²) < 4.78 is 1.40. The van der Waals surface area contributed by atoms with Crippen LogP contribution in [0.1, 0.15) is 23.1 Å². The first kappa shape index (κ1) is 16.6. The highest BCUT2D eigenvalue weighted by Gasteiger charge is 2.18. The van der Waals surface area contributed by atoms with Crippen LogP contribution in [-0.2, 0) is 0 Å². The van der Waals surface area contributed by atoms with Crippen molar-refractivity contribution in [3.63, 3.8) is 0 Å². The van der Waals surface area contributed by atoms with Crippen molar-refractivity contribution in [1.82, 2.24) is 20.3 Å². The molecule has 1 aromatic heterocycles. The Morgan fingerprint density at radius 1 is 1.52 bits per heavy atom. The Labute approximate surface area is 132 Å². The van der Waals surface area contributed by atoms with Crippen LogP contribution in [0.4, 0.5) is 5.69 Å². The molecule has 0 fully saturated rings. The third-order valence-corrected chi connectivity index (χ3v) is 3.41. The summed E-state index contributed by atoms with van der Waals surface area (Å²) in [6, 6.07) is 5.97. The van der Waals surface area contributed by atoms with Gasteiger partial charge in [0.25, 0.3) is 11.6 Å². The van der Waals surface area contributed by atoms with Gasteiger partial charge < -0.3 is 11.1 Å². The topological polar surface area (TPSA) is 129 Å². The van der Waals surface area contributed by atoms with Crippen LogP contribution >= 0.6 is 0 Å². The number of aromatic nitrogens is 3. The van der Waals surface area contributed by atoms with Crippen molar-refractivity contribution in [3.05, 3.63) is 45.8 Å². The van der Waals surface area contributed by atoms with E-state index >= 15 is 0 Å². The number of hydrogen-bond donors (Lipinski definition) is 2. The smallest absolute Gasteiger partial charge is 0.273 e. The van der Waals surface area contributed by atoms with Crippen molar-refractivity contribution in [3.8, 4) is 5.69 Å². The summed E-state index contributed by atoms with van der Waals surface area (Å²) in [6.45, 7) is 4.52. The summed E-state index contributed by atoms with van der Waals surface area (Å²) in [7, 11) is 0. The van der Waals surface area contributed by atoms with E-state index in [0.29, 0.717) is 24.5 Å². The van der Waals surface area contributed by atoms with Crippen LogP contribution in [0.15, 0.2) is 24.3 Å². The van der Waals surface area contributed by atoms with Crippen LogP contribution in [0.2, 0.25) is 0 Å². The van der Waals surface area contributed by atoms with Crippen molar-refractivity contribution in [1.29, 1.82) is 0 Å². The van der Waals surface area contributed by atoms with Crippen molar-refractivity contribution in [2.45, 2.75) is 13.8 Å². The van der Waals surface area contributed by atoms with Gasteiger partial charge in [-0.1, -0.05) is 18.2 Å². The summed E-state index contributed by atoms with van der Waals surface area (Å²) in [6.07, 6.45) is 0. The predicted octanol–water partition coefficient (Wildman–Crippen LogP) is 0.809. The second kappa shape index (κ2) is 6.97. The zero-order valence-corrected chi connectivity index (χ0v) is 12.9. The third-order valence-electron chi connectivity index (χ3n) is 3.41. The summed E-state index contributed by atoms with van der Waals surface area (Å²) in [5, 5.41) is 21.4. The van der Waals surface area contributed by atoms with Gasteiger partial charge >= 0.3 is 0 Å². The van der Waals surface area contributed by atoms with Gasteiger partial charge in [-0.25, -0.2) is 4.68 Å². The lowest BCUT2D eigenvalue weighted by Gasteiger charge is -2.09. The predicted molar refractivity (Wildman–Crippen MR) is 83.3 cm³/mol. The Balaban J connectivity index is 2.24. The summed E-state index contributed by atoms with van der Waals surface area (Å²) in [4.78, 5) is 22.5. The SMILES string of the molecule is Cc1c(C(=O)NCC(C)CN)nnn1-c1cccc([N+](=O)[O-])c1. The highest BCUT2D eigenvalue weighted by Crippen LogP contribution is 2.18.